The molecule has 0 radical (unpaired) electrons. The molecule has 2 amide bonds. The summed E-state index contributed by atoms with van der Waals surface area (Å²) in [5.74, 6) is 0.198. The summed E-state index contributed by atoms with van der Waals surface area (Å²) in [5, 5.41) is 0.319. The lowest BCUT2D eigenvalue weighted by Gasteiger charge is -2.09. The van der Waals surface area contributed by atoms with Gasteiger partial charge in [0.05, 0.1) is 16.1 Å². The van der Waals surface area contributed by atoms with Gasteiger partial charge in [0.1, 0.15) is 11.5 Å². The van der Waals surface area contributed by atoms with Gasteiger partial charge < -0.3 is 4.42 Å². The van der Waals surface area contributed by atoms with Crippen LogP contribution < -0.4 is 10.9 Å². The van der Waals surface area contributed by atoms with Crippen LogP contribution in [0.25, 0.3) is 0 Å². The van der Waals surface area contributed by atoms with Crippen molar-refractivity contribution < 1.29 is 14.0 Å². The van der Waals surface area contributed by atoms with Crippen molar-refractivity contribution in [1.29, 1.82) is 0 Å². The van der Waals surface area contributed by atoms with Crippen molar-refractivity contribution in [3.05, 3.63) is 51.9 Å². The van der Waals surface area contributed by atoms with E-state index in [4.69, 9.17) is 16.0 Å². The molecular formula is C15H15ClN2O3S. The van der Waals surface area contributed by atoms with Gasteiger partial charge in [-0.2, -0.15) is 0 Å². The second-order valence-corrected chi connectivity index (χ2v) is 5.87. The molecule has 1 aromatic carbocycles. The first kappa shape index (κ1) is 16.5. The Balaban J connectivity index is 2.07. The van der Waals surface area contributed by atoms with E-state index in [-0.39, 0.29) is 0 Å². The quantitative estimate of drug-likeness (QED) is 0.665. The molecule has 0 spiro atoms. The summed E-state index contributed by atoms with van der Waals surface area (Å²) in [5.41, 5.74) is 5.38. The number of carbonyl (C=O) groups excluding carboxylic acids is 2. The Morgan fingerprint density at radius 2 is 1.73 bits per heavy atom. The highest BCUT2D eigenvalue weighted by Crippen LogP contribution is 2.22. The summed E-state index contributed by atoms with van der Waals surface area (Å²) in [6, 6.07) is 6.74. The molecule has 0 aliphatic heterocycles. The molecule has 0 saturated carbocycles. The van der Waals surface area contributed by atoms with Crippen LogP contribution in [0.2, 0.25) is 5.02 Å². The number of benzene rings is 1. The van der Waals surface area contributed by atoms with Crippen LogP contribution in [0.15, 0.2) is 33.6 Å². The molecule has 0 unspecified atom stereocenters. The van der Waals surface area contributed by atoms with Crippen molar-refractivity contribution >= 4 is 35.2 Å². The third-order valence-corrected chi connectivity index (χ3v) is 4.05. The Hall–Kier alpha value is -1.92. The monoisotopic (exact) mass is 338 g/mol. The Bertz CT molecular complexity index is 728. The predicted molar refractivity (Wildman–Crippen MR) is 86.3 cm³/mol. The maximum Gasteiger partial charge on any atom is 0.273 e. The number of hydrogen-bond acceptors (Lipinski definition) is 4. The summed E-state index contributed by atoms with van der Waals surface area (Å²) in [4.78, 5) is 25.0. The third kappa shape index (κ3) is 3.64. The van der Waals surface area contributed by atoms with Gasteiger partial charge in [-0.1, -0.05) is 11.6 Å². The van der Waals surface area contributed by atoms with E-state index in [0.717, 1.165) is 4.90 Å². The second-order valence-electron chi connectivity index (χ2n) is 4.58. The standard InChI is InChI=1S/C15H15ClN2O3S/c1-8-6-11(9(2)21-8)14(19)17-18-15(20)12-7-10(22-3)4-5-13(12)16/h4-7H,1-3H3,(H,17,19)(H,18,20). The highest BCUT2D eigenvalue weighted by molar-refractivity contribution is 7.98. The second kappa shape index (κ2) is 6.89. The van der Waals surface area contributed by atoms with E-state index < -0.39 is 11.8 Å². The summed E-state index contributed by atoms with van der Waals surface area (Å²) < 4.78 is 5.28. The van der Waals surface area contributed by atoms with Crippen LogP contribution in [-0.4, -0.2) is 18.1 Å². The number of rotatable bonds is 3. The maximum absolute atomic E-state index is 12.1. The number of hydrogen-bond donors (Lipinski definition) is 2. The number of furan rings is 1. The Morgan fingerprint density at radius 3 is 2.27 bits per heavy atom. The lowest BCUT2D eigenvalue weighted by molar-refractivity contribution is 0.0845. The third-order valence-electron chi connectivity index (χ3n) is 2.99. The van der Waals surface area contributed by atoms with Crippen molar-refractivity contribution in [2.45, 2.75) is 18.7 Å². The molecule has 0 bridgehead atoms. The van der Waals surface area contributed by atoms with Gasteiger partial charge in [-0.05, 0) is 44.4 Å². The van der Waals surface area contributed by atoms with Gasteiger partial charge in [0.2, 0.25) is 0 Å². The number of aryl methyl sites for hydroxylation is 2. The van der Waals surface area contributed by atoms with Crippen molar-refractivity contribution in [3.63, 3.8) is 0 Å². The first-order valence-electron chi connectivity index (χ1n) is 6.43. The summed E-state index contributed by atoms with van der Waals surface area (Å²) in [6.07, 6.45) is 1.90. The minimum Gasteiger partial charge on any atom is -0.466 e. The molecule has 7 heteroatoms. The Morgan fingerprint density at radius 1 is 1.09 bits per heavy atom. The molecule has 0 saturated heterocycles. The van der Waals surface area contributed by atoms with Gasteiger partial charge in [-0.15, -0.1) is 11.8 Å². The van der Waals surface area contributed by atoms with E-state index in [0.29, 0.717) is 27.7 Å². The number of nitrogens with one attached hydrogen (secondary N) is 2. The number of halogens is 1. The van der Waals surface area contributed by atoms with Gasteiger partial charge in [-0.3, -0.25) is 20.4 Å². The van der Waals surface area contributed by atoms with Crippen LogP contribution in [0.4, 0.5) is 0 Å². The van der Waals surface area contributed by atoms with Gasteiger partial charge in [0.15, 0.2) is 0 Å². The molecule has 22 heavy (non-hydrogen) atoms. The summed E-state index contributed by atoms with van der Waals surface area (Å²) in [7, 11) is 0. The molecule has 2 rings (SSSR count). The molecule has 1 heterocycles. The number of thioether (sulfide) groups is 1. The van der Waals surface area contributed by atoms with Crippen molar-refractivity contribution in [2.75, 3.05) is 6.26 Å². The zero-order chi connectivity index (χ0) is 16.3. The maximum atomic E-state index is 12.1. The molecule has 1 aromatic heterocycles. The van der Waals surface area contributed by atoms with E-state index >= 15 is 0 Å². The average Bonchev–Trinajstić information content (AvgIpc) is 2.83. The minimum absolute atomic E-state index is 0.300. The van der Waals surface area contributed by atoms with Crippen LogP contribution >= 0.6 is 23.4 Å². The number of hydrazine groups is 1. The predicted octanol–water partition coefficient (Wildman–Crippen LogP) is 3.35. The molecule has 5 nitrogen and oxygen atoms in total. The molecule has 0 aliphatic carbocycles. The van der Waals surface area contributed by atoms with Crippen molar-refractivity contribution in [3.8, 4) is 0 Å². The van der Waals surface area contributed by atoms with Crippen LogP contribution in [0.3, 0.4) is 0 Å². The molecule has 2 aromatic rings. The highest BCUT2D eigenvalue weighted by Gasteiger charge is 2.16. The molecule has 0 aliphatic rings. The zero-order valence-electron chi connectivity index (χ0n) is 12.3. The SMILES string of the molecule is CSc1ccc(Cl)c(C(=O)NNC(=O)c2cc(C)oc2C)c1. The first-order chi connectivity index (χ1) is 10.4. The normalized spacial score (nSPS) is 10.4. The fourth-order valence-corrected chi connectivity index (χ4v) is 2.55. The lowest BCUT2D eigenvalue weighted by Crippen LogP contribution is -2.41. The van der Waals surface area contributed by atoms with E-state index in [2.05, 4.69) is 10.9 Å². The lowest BCUT2D eigenvalue weighted by atomic mass is 10.2. The van der Waals surface area contributed by atoms with Crippen LogP contribution in [0.5, 0.6) is 0 Å². The average molecular weight is 339 g/mol. The Labute approximate surface area is 137 Å². The molecule has 2 N–H and O–H groups in total. The van der Waals surface area contributed by atoms with Crippen molar-refractivity contribution in [1.82, 2.24) is 10.9 Å². The topological polar surface area (TPSA) is 71.3 Å². The van der Waals surface area contributed by atoms with E-state index in [1.165, 1.54) is 11.8 Å². The minimum atomic E-state index is -0.480. The highest BCUT2D eigenvalue weighted by atomic mass is 35.5. The van der Waals surface area contributed by atoms with Gasteiger partial charge >= 0.3 is 0 Å². The van der Waals surface area contributed by atoms with Crippen LogP contribution in [-0.2, 0) is 0 Å². The number of amides is 2. The molecule has 0 fully saturated rings. The first-order valence-corrected chi connectivity index (χ1v) is 8.04. The van der Waals surface area contributed by atoms with Gasteiger partial charge in [0, 0.05) is 4.90 Å². The van der Waals surface area contributed by atoms with E-state index in [1.807, 2.05) is 12.3 Å². The van der Waals surface area contributed by atoms with E-state index in [9.17, 15) is 9.59 Å². The molecule has 116 valence electrons. The van der Waals surface area contributed by atoms with Crippen LogP contribution in [0, 0.1) is 13.8 Å². The van der Waals surface area contributed by atoms with Gasteiger partial charge in [-0.25, -0.2) is 0 Å². The number of carbonyl (C=O) groups is 2. The fraction of sp³-hybridized carbons (Fsp3) is 0.200. The largest absolute Gasteiger partial charge is 0.466 e. The van der Waals surface area contributed by atoms with Crippen LogP contribution in [0.1, 0.15) is 32.2 Å². The van der Waals surface area contributed by atoms with Crippen molar-refractivity contribution in [2.24, 2.45) is 0 Å². The van der Waals surface area contributed by atoms with E-state index in [1.54, 1.807) is 32.0 Å². The van der Waals surface area contributed by atoms with Gasteiger partial charge in [0.25, 0.3) is 11.8 Å². The molecular weight excluding hydrogens is 324 g/mol. The zero-order valence-corrected chi connectivity index (χ0v) is 13.9. The summed E-state index contributed by atoms with van der Waals surface area (Å²) >= 11 is 7.51. The molecule has 0 atom stereocenters. The fourth-order valence-electron chi connectivity index (χ4n) is 1.91. The Kier molecular flexibility index (Phi) is 5.15. The smallest absolute Gasteiger partial charge is 0.273 e. The summed E-state index contributed by atoms with van der Waals surface area (Å²) in [6.45, 7) is 3.43.